The molecular weight excluding hydrogens is 206 g/mol. The van der Waals surface area contributed by atoms with Gasteiger partial charge in [-0.25, -0.2) is 0 Å². The molecule has 4 heteroatoms. The normalized spacial score (nSPS) is 14.4. The molecule has 0 aromatic carbocycles. The Kier molecular flexibility index (Phi) is 2.14. The number of carbonyl (C=O) groups excluding carboxylic acids is 1. The summed E-state index contributed by atoms with van der Waals surface area (Å²) in [6.07, 6.45) is 1.35. The van der Waals surface area contributed by atoms with Crippen molar-refractivity contribution in [3.8, 4) is 0 Å². The van der Waals surface area contributed by atoms with Crippen LogP contribution in [0.3, 0.4) is 0 Å². The minimum Gasteiger partial charge on any atom is -0.330 e. The topological polar surface area (TPSA) is 20.3 Å². The van der Waals surface area contributed by atoms with Gasteiger partial charge in [0.25, 0.3) is 0 Å². The number of amides is 1. The fourth-order valence-electron chi connectivity index (χ4n) is 1.42. The predicted octanol–water partition coefficient (Wildman–Crippen LogP) is 2.43. The molecule has 1 aromatic heterocycles. The summed E-state index contributed by atoms with van der Waals surface area (Å²) in [5, 5.41) is 0. The highest BCUT2D eigenvalue weighted by Crippen LogP contribution is 2.33. The van der Waals surface area contributed by atoms with Gasteiger partial charge in [-0.1, -0.05) is 18.2 Å². The summed E-state index contributed by atoms with van der Waals surface area (Å²) < 4.78 is 0.802. The van der Waals surface area contributed by atoms with Gasteiger partial charge < -0.3 is 4.90 Å². The highest BCUT2D eigenvalue weighted by molar-refractivity contribution is 7.16. The van der Waals surface area contributed by atoms with Crippen LogP contribution in [0.2, 0.25) is 4.34 Å². The van der Waals surface area contributed by atoms with Crippen LogP contribution in [0.25, 0.3) is 0 Å². The maximum Gasteiger partial charge on any atom is 0.246 e. The molecular formula is C9H8ClNOS. The summed E-state index contributed by atoms with van der Waals surface area (Å²) in [6.45, 7) is 4.80. The molecule has 0 N–H and O–H groups in total. The zero-order valence-electron chi connectivity index (χ0n) is 6.92. The fraction of sp³-hybridized carbons (Fsp3) is 0.222. The van der Waals surface area contributed by atoms with Crippen LogP contribution in [0.1, 0.15) is 10.4 Å². The van der Waals surface area contributed by atoms with Gasteiger partial charge in [-0.15, -0.1) is 11.3 Å². The van der Waals surface area contributed by atoms with Gasteiger partial charge in [-0.2, -0.15) is 0 Å². The van der Waals surface area contributed by atoms with Gasteiger partial charge in [-0.3, -0.25) is 4.79 Å². The minimum atomic E-state index is -0.0143. The van der Waals surface area contributed by atoms with Crippen LogP contribution in [-0.2, 0) is 17.9 Å². The molecule has 0 saturated carbocycles. The van der Waals surface area contributed by atoms with Crippen molar-refractivity contribution >= 4 is 28.8 Å². The predicted molar refractivity (Wildman–Crippen MR) is 53.8 cm³/mol. The van der Waals surface area contributed by atoms with Crippen molar-refractivity contribution in [3.05, 3.63) is 33.5 Å². The van der Waals surface area contributed by atoms with Gasteiger partial charge in [0.2, 0.25) is 5.91 Å². The Morgan fingerprint density at radius 3 is 3.08 bits per heavy atom. The Labute approximate surface area is 85.4 Å². The lowest BCUT2D eigenvalue weighted by Gasteiger charge is -2.11. The monoisotopic (exact) mass is 213 g/mol. The molecule has 0 bridgehead atoms. The number of hydrogen-bond acceptors (Lipinski definition) is 2. The van der Waals surface area contributed by atoms with Gasteiger partial charge in [0.05, 0.1) is 10.9 Å². The molecule has 13 heavy (non-hydrogen) atoms. The molecule has 0 unspecified atom stereocenters. The van der Waals surface area contributed by atoms with Gasteiger partial charge in [0.1, 0.15) is 0 Å². The van der Waals surface area contributed by atoms with Crippen LogP contribution in [-0.4, -0.2) is 10.8 Å². The first-order valence-electron chi connectivity index (χ1n) is 3.89. The molecule has 1 aliphatic rings. The summed E-state index contributed by atoms with van der Waals surface area (Å²) in [4.78, 5) is 14.2. The molecule has 1 aromatic rings. The number of hydrogen-bond donors (Lipinski definition) is 0. The van der Waals surface area contributed by atoms with Gasteiger partial charge in [0.15, 0.2) is 0 Å². The number of nitrogens with zero attached hydrogens (tertiary/aromatic N) is 1. The summed E-state index contributed by atoms with van der Waals surface area (Å²) in [5.41, 5.74) is 1.17. The maximum absolute atomic E-state index is 11.2. The summed E-state index contributed by atoms with van der Waals surface area (Å²) in [6, 6.07) is 1.93. The van der Waals surface area contributed by atoms with Crippen LogP contribution in [0.5, 0.6) is 0 Å². The number of thiophene rings is 1. The molecule has 0 atom stereocenters. The van der Waals surface area contributed by atoms with Crippen LogP contribution in [0.4, 0.5) is 0 Å². The lowest BCUT2D eigenvalue weighted by molar-refractivity contribution is -0.126. The molecule has 0 saturated heterocycles. The molecule has 1 aliphatic heterocycles. The summed E-state index contributed by atoms with van der Waals surface area (Å²) in [5.74, 6) is -0.0143. The van der Waals surface area contributed by atoms with Crippen LogP contribution in [0, 0.1) is 0 Å². The van der Waals surface area contributed by atoms with E-state index in [4.69, 9.17) is 11.6 Å². The van der Waals surface area contributed by atoms with Crippen molar-refractivity contribution in [2.75, 3.05) is 0 Å². The molecule has 0 spiro atoms. The second-order valence-corrected chi connectivity index (χ2v) is 4.67. The average molecular weight is 214 g/mol. The second-order valence-electron chi connectivity index (χ2n) is 2.90. The van der Waals surface area contributed by atoms with Crippen LogP contribution < -0.4 is 0 Å². The number of fused-ring (bicyclic) bond motifs is 1. The fourth-order valence-corrected chi connectivity index (χ4v) is 2.74. The Morgan fingerprint density at radius 1 is 1.69 bits per heavy atom. The Balaban J connectivity index is 2.19. The third kappa shape index (κ3) is 1.49. The van der Waals surface area contributed by atoms with Gasteiger partial charge in [-0.05, 0) is 17.7 Å². The van der Waals surface area contributed by atoms with E-state index in [0.717, 1.165) is 4.34 Å². The molecule has 2 nitrogen and oxygen atoms in total. The van der Waals surface area contributed by atoms with E-state index in [1.165, 1.54) is 16.5 Å². The summed E-state index contributed by atoms with van der Waals surface area (Å²) in [7, 11) is 0. The van der Waals surface area contributed by atoms with Crippen molar-refractivity contribution in [1.29, 1.82) is 0 Å². The SMILES string of the molecule is C=CC(=O)N1Cc2cc(Cl)sc2C1. The van der Waals surface area contributed by atoms with Crippen molar-refractivity contribution < 1.29 is 4.79 Å². The van der Waals surface area contributed by atoms with E-state index < -0.39 is 0 Å². The molecule has 1 amide bonds. The lowest BCUT2D eigenvalue weighted by atomic mass is 10.3. The third-order valence-corrected chi connectivity index (χ3v) is 3.34. The standard InChI is InChI=1S/C9H8ClNOS/c1-2-9(12)11-4-6-3-8(10)13-7(6)5-11/h2-3H,1,4-5H2. The number of rotatable bonds is 1. The maximum atomic E-state index is 11.2. The van der Waals surface area contributed by atoms with Gasteiger partial charge >= 0.3 is 0 Å². The smallest absolute Gasteiger partial charge is 0.246 e. The molecule has 0 aliphatic carbocycles. The van der Waals surface area contributed by atoms with E-state index in [0.29, 0.717) is 13.1 Å². The molecule has 2 heterocycles. The highest BCUT2D eigenvalue weighted by Gasteiger charge is 2.23. The minimum absolute atomic E-state index is 0.0143. The molecule has 0 radical (unpaired) electrons. The molecule has 0 fully saturated rings. The Hall–Kier alpha value is -0.800. The molecule has 2 rings (SSSR count). The van der Waals surface area contributed by atoms with Crippen molar-refractivity contribution in [1.82, 2.24) is 4.90 Å². The van der Waals surface area contributed by atoms with Crippen LogP contribution in [0.15, 0.2) is 18.7 Å². The molecule has 68 valence electrons. The van der Waals surface area contributed by atoms with Crippen molar-refractivity contribution in [2.24, 2.45) is 0 Å². The first kappa shape index (κ1) is 8.78. The average Bonchev–Trinajstić information content (AvgIpc) is 2.59. The van der Waals surface area contributed by atoms with Gasteiger partial charge in [0, 0.05) is 11.4 Å². The summed E-state index contributed by atoms with van der Waals surface area (Å²) >= 11 is 7.38. The first-order valence-corrected chi connectivity index (χ1v) is 5.08. The largest absolute Gasteiger partial charge is 0.330 e. The van der Waals surface area contributed by atoms with E-state index in [1.807, 2.05) is 6.07 Å². The van der Waals surface area contributed by atoms with E-state index in [9.17, 15) is 4.79 Å². The Bertz CT molecular complexity index is 348. The van der Waals surface area contributed by atoms with Crippen molar-refractivity contribution in [3.63, 3.8) is 0 Å². The number of carbonyl (C=O) groups is 1. The first-order chi connectivity index (χ1) is 6.20. The highest BCUT2D eigenvalue weighted by atomic mass is 35.5. The van der Waals surface area contributed by atoms with Crippen LogP contribution >= 0.6 is 22.9 Å². The van der Waals surface area contributed by atoms with E-state index in [-0.39, 0.29) is 5.91 Å². The van der Waals surface area contributed by atoms with E-state index >= 15 is 0 Å². The second kappa shape index (κ2) is 3.16. The van der Waals surface area contributed by atoms with E-state index in [1.54, 1.807) is 16.2 Å². The van der Waals surface area contributed by atoms with E-state index in [2.05, 4.69) is 6.58 Å². The Morgan fingerprint density at radius 2 is 2.46 bits per heavy atom. The zero-order chi connectivity index (χ0) is 9.42. The van der Waals surface area contributed by atoms with Crippen molar-refractivity contribution in [2.45, 2.75) is 13.1 Å². The third-order valence-electron chi connectivity index (χ3n) is 2.05. The quantitative estimate of drug-likeness (QED) is 0.657. The number of halogens is 1. The zero-order valence-corrected chi connectivity index (χ0v) is 8.49. The lowest BCUT2D eigenvalue weighted by Crippen LogP contribution is -2.22.